The van der Waals surface area contributed by atoms with Gasteiger partial charge in [-0.05, 0) is 61.7 Å². The lowest BCUT2D eigenvalue weighted by molar-refractivity contribution is 0.180. The zero-order valence-corrected chi connectivity index (χ0v) is 12.8. The molecule has 2 N–H and O–H groups in total. The number of nitrogens with two attached hydrogens (primary N) is 1. The van der Waals surface area contributed by atoms with E-state index in [1.54, 1.807) is 0 Å². The minimum atomic E-state index is -0.213. The zero-order chi connectivity index (χ0) is 14.7. The number of rotatable bonds is 4. The van der Waals surface area contributed by atoms with Crippen molar-refractivity contribution in [2.75, 3.05) is 0 Å². The smallest absolute Gasteiger partial charge is 0.138 e. The maximum Gasteiger partial charge on any atom is 0.138 e. The molecule has 0 saturated heterocycles. The highest BCUT2D eigenvalue weighted by Gasteiger charge is 2.18. The summed E-state index contributed by atoms with van der Waals surface area (Å²) in [5, 5.41) is 0.692. The molecule has 0 heterocycles. The van der Waals surface area contributed by atoms with Gasteiger partial charge >= 0.3 is 0 Å². The molecule has 0 aliphatic rings. The van der Waals surface area contributed by atoms with Crippen LogP contribution in [0.2, 0.25) is 5.02 Å². The molecule has 3 heteroatoms. The Kier molecular flexibility index (Phi) is 4.69. The van der Waals surface area contributed by atoms with Crippen molar-refractivity contribution < 1.29 is 4.74 Å². The molecule has 2 aromatic carbocycles. The summed E-state index contributed by atoms with van der Waals surface area (Å²) in [4.78, 5) is 0. The predicted octanol–water partition coefficient (Wildman–Crippen LogP) is 4.42. The zero-order valence-electron chi connectivity index (χ0n) is 12.1. The third kappa shape index (κ3) is 3.75. The van der Waals surface area contributed by atoms with E-state index < -0.39 is 0 Å². The Morgan fingerprint density at radius 1 is 1.05 bits per heavy atom. The number of aryl methyl sites for hydroxylation is 2. The van der Waals surface area contributed by atoms with E-state index in [2.05, 4.69) is 19.9 Å². The quantitative estimate of drug-likeness (QED) is 0.904. The minimum absolute atomic E-state index is 0.130. The second-order valence-corrected chi connectivity index (χ2v) is 5.71. The summed E-state index contributed by atoms with van der Waals surface area (Å²) in [6, 6.07) is 13.7. The molecule has 0 aliphatic carbocycles. The van der Waals surface area contributed by atoms with Gasteiger partial charge in [-0.1, -0.05) is 29.8 Å². The van der Waals surface area contributed by atoms with Crippen molar-refractivity contribution >= 4 is 11.6 Å². The van der Waals surface area contributed by atoms with Gasteiger partial charge in [-0.25, -0.2) is 0 Å². The highest BCUT2D eigenvalue weighted by Crippen LogP contribution is 2.27. The van der Waals surface area contributed by atoms with Gasteiger partial charge in [-0.3, -0.25) is 0 Å². The number of hydrogen-bond donors (Lipinski definition) is 1. The van der Waals surface area contributed by atoms with Crippen LogP contribution in [0.4, 0.5) is 0 Å². The number of halogens is 1. The first-order chi connectivity index (χ1) is 9.45. The van der Waals surface area contributed by atoms with E-state index in [1.165, 1.54) is 11.1 Å². The van der Waals surface area contributed by atoms with Gasteiger partial charge < -0.3 is 10.5 Å². The van der Waals surface area contributed by atoms with Gasteiger partial charge in [0, 0.05) is 11.1 Å². The second-order valence-electron chi connectivity index (χ2n) is 5.28. The predicted molar refractivity (Wildman–Crippen MR) is 84.4 cm³/mol. The van der Waals surface area contributed by atoms with Crippen LogP contribution in [-0.4, -0.2) is 6.04 Å². The Morgan fingerprint density at radius 2 is 1.70 bits per heavy atom. The molecular weight excluding hydrogens is 270 g/mol. The summed E-state index contributed by atoms with van der Waals surface area (Å²) in [6.45, 7) is 6.05. The highest BCUT2D eigenvalue weighted by atomic mass is 35.5. The first-order valence-electron chi connectivity index (χ1n) is 6.71. The van der Waals surface area contributed by atoms with Crippen molar-refractivity contribution in [2.45, 2.75) is 32.9 Å². The summed E-state index contributed by atoms with van der Waals surface area (Å²) in [5.41, 5.74) is 9.42. The third-order valence-electron chi connectivity index (χ3n) is 3.11. The molecule has 0 fully saturated rings. The SMILES string of the molecule is Cc1cc(C)cc(OC(c2cccc(Cl)c2)C(C)N)c1. The lowest BCUT2D eigenvalue weighted by Crippen LogP contribution is -2.29. The Hall–Kier alpha value is -1.51. The largest absolute Gasteiger partial charge is 0.484 e. The first kappa shape index (κ1) is 14.9. The van der Waals surface area contributed by atoms with Crippen molar-refractivity contribution in [1.82, 2.24) is 0 Å². The molecule has 0 amide bonds. The molecule has 106 valence electrons. The summed E-state index contributed by atoms with van der Waals surface area (Å²) in [5.74, 6) is 0.838. The maximum absolute atomic E-state index is 6.09. The summed E-state index contributed by atoms with van der Waals surface area (Å²) in [7, 11) is 0. The van der Waals surface area contributed by atoms with E-state index in [0.717, 1.165) is 11.3 Å². The Balaban J connectivity index is 2.30. The van der Waals surface area contributed by atoms with Crippen molar-refractivity contribution in [3.05, 3.63) is 64.2 Å². The van der Waals surface area contributed by atoms with Crippen LogP contribution in [0, 0.1) is 13.8 Å². The topological polar surface area (TPSA) is 35.2 Å². The monoisotopic (exact) mass is 289 g/mol. The molecule has 20 heavy (non-hydrogen) atoms. The Morgan fingerprint density at radius 3 is 2.25 bits per heavy atom. The van der Waals surface area contributed by atoms with Crippen LogP contribution in [0.15, 0.2) is 42.5 Å². The average molecular weight is 290 g/mol. The molecule has 0 bridgehead atoms. The van der Waals surface area contributed by atoms with Crippen LogP contribution in [0.5, 0.6) is 5.75 Å². The Labute approximate surface area is 125 Å². The van der Waals surface area contributed by atoms with Crippen molar-refractivity contribution in [1.29, 1.82) is 0 Å². The highest BCUT2D eigenvalue weighted by molar-refractivity contribution is 6.30. The van der Waals surface area contributed by atoms with Gasteiger partial charge in [0.2, 0.25) is 0 Å². The van der Waals surface area contributed by atoms with E-state index in [9.17, 15) is 0 Å². The molecule has 0 spiro atoms. The Bertz CT molecular complexity index is 575. The fourth-order valence-electron chi connectivity index (χ4n) is 2.31. The second kappa shape index (κ2) is 6.29. The minimum Gasteiger partial charge on any atom is -0.484 e. The van der Waals surface area contributed by atoms with Gasteiger partial charge in [0.1, 0.15) is 11.9 Å². The fourth-order valence-corrected chi connectivity index (χ4v) is 2.51. The van der Waals surface area contributed by atoms with E-state index >= 15 is 0 Å². The number of hydrogen-bond acceptors (Lipinski definition) is 2. The first-order valence-corrected chi connectivity index (χ1v) is 7.09. The fraction of sp³-hybridized carbons (Fsp3) is 0.294. The lowest BCUT2D eigenvalue weighted by atomic mass is 10.0. The van der Waals surface area contributed by atoms with E-state index in [4.69, 9.17) is 22.1 Å². The molecule has 0 aromatic heterocycles. The van der Waals surface area contributed by atoms with Crippen LogP contribution in [0.3, 0.4) is 0 Å². The number of ether oxygens (including phenoxy) is 1. The van der Waals surface area contributed by atoms with Crippen LogP contribution >= 0.6 is 11.6 Å². The molecule has 2 aromatic rings. The molecular formula is C17H20ClNO. The molecule has 0 saturated carbocycles. The standard InChI is InChI=1S/C17H20ClNO/c1-11-7-12(2)9-16(8-11)20-17(13(3)19)14-5-4-6-15(18)10-14/h4-10,13,17H,19H2,1-3H3. The van der Waals surface area contributed by atoms with E-state index in [1.807, 2.05) is 43.3 Å². The molecule has 2 rings (SSSR count). The van der Waals surface area contributed by atoms with E-state index in [0.29, 0.717) is 5.02 Å². The normalized spacial score (nSPS) is 13.8. The van der Waals surface area contributed by atoms with Crippen molar-refractivity contribution in [2.24, 2.45) is 5.73 Å². The van der Waals surface area contributed by atoms with Crippen LogP contribution < -0.4 is 10.5 Å². The lowest BCUT2D eigenvalue weighted by Gasteiger charge is -2.23. The van der Waals surface area contributed by atoms with Crippen LogP contribution in [0.1, 0.15) is 29.7 Å². The molecule has 2 atom stereocenters. The average Bonchev–Trinajstić information content (AvgIpc) is 2.34. The van der Waals surface area contributed by atoms with E-state index in [-0.39, 0.29) is 12.1 Å². The van der Waals surface area contributed by atoms with Gasteiger partial charge in [0.05, 0.1) is 0 Å². The van der Waals surface area contributed by atoms with Gasteiger partial charge in [-0.15, -0.1) is 0 Å². The van der Waals surface area contributed by atoms with Crippen LogP contribution in [0.25, 0.3) is 0 Å². The number of benzene rings is 2. The van der Waals surface area contributed by atoms with Gasteiger partial charge in [0.25, 0.3) is 0 Å². The molecule has 2 unspecified atom stereocenters. The van der Waals surface area contributed by atoms with Gasteiger partial charge in [-0.2, -0.15) is 0 Å². The molecule has 0 radical (unpaired) electrons. The summed E-state index contributed by atoms with van der Waals surface area (Å²) >= 11 is 6.05. The van der Waals surface area contributed by atoms with Gasteiger partial charge in [0.15, 0.2) is 0 Å². The van der Waals surface area contributed by atoms with Crippen LogP contribution in [-0.2, 0) is 0 Å². The molecule has 2 nitrogen and oxygen atoms in total. The molecule has 0 aliphatic heterocycles. The summed E-state index contributed by atoms with van der Waals surface area (Å²) < 4.78 is 6.09. The summed E-state index contributed by atoms with van der Waals surface area (Å²) in [6.07, 6.45) is -0.213. The maximum atomic E-state index is 6.09. The van der Waals surface area contributed by atoms with Crippen molar-refractivity contribution in [3.63, 3.8) is 0 Å². The third-order valence-corrected chi connectivity index (χ3v) is 3.35. The van der Waals surface area contributed by atoms with Crippen molar-refractivity contribution in [3.8, 4) is 5.75 Å².